The first kappa shape index (κ1) is 19.7. The van der Waals surface area contributed by atoms with Gasteiger partial charge in [-0.2, -0.15) is 0 Å². The molecule has 0 amide bonds. The van der Waals surface area contributed by atoms with Gasteiger partial charge in [-0.15, -0.1) is 11.3 Å². The lowest BCUT2D eigenvalue weighted by Crippen LogP contribution is -3.15. The van der Waals surface area contributed by atoms with E-state index < -0.39 is 4.92 Å². The minimum Gasteiger partial charge on any atom is -0.370 e. The van der Waals surface area contributed by atoms with Crippen molar-refractivity contribution in [3.8, 4) is 0 Å². The molecule has 1 aromatic heterocycles. The quantitative estimate of drug-likeness (QED) is 0.386. The molecule has 2 heterocycles. The fourth-order valence-corrected chi connectivity index (χ4v) is 4.63. The summed E-state index contributed by atoms with van der Waals surface area (Å²) in [7, 11) is 0. The van der Waals surface area contributed by atoms with Crippen LogP contribution in [-0.2, 0) is 4.74 Å². The molecule has 1 fully saturated rings. The number of thiophene rings is 1. The molecule has 27 heavy (non-hydrogen) atoms. The molecule has 0 saturated carbocycles. The van der Waals surface area contributed by atoms with E-state index >= 15 is 0 Å². The van der Waals surface area contributed by atoms with Crippen molar-refractivity contribution >= 4 is 40.0 Å². The predicted octanol–water partition coefficient (Wildman–Crippen LogP) is 1.99. The summed E-state index contributed by atoms with van der Waals surface area (Å²) >= 11 is 7.22. The maximum Gasteiger partial charge on any atom is 0.269 e. The molecule has 0 bridgehead atoms. The van der Waals surface area contributed by atoms with Crippen LogP contribution in [0.5, 0.6) is 0 Å². The normalized spacial score (nSPS) is 17.1. The molecule has 1 aliphatic heterocycles. The number of quaternary nitrogens is 1. The van der Waals surface area contributed by atoms with E-state index in [-0.39, 0.29) is 17.8 Å². The monoisotopic (exact) mass is 407 g/mol. The summed E-state index contributed by atoms with van der Waals surface area (Å²) in [6, 6.07) is 10.9. The van der Waals surface area contributed by atoms with E-state index in [2.05, 4.69) is 35.1 Å². The molecule has 0 unspecified atom stereocenters. The highest BCUT2D eigenvalue weighted by Gasteiger charge is 2.32. The van der Waals surface area contributed by atoms with Gasteiger partial charge in [0.1, 0.15) is 19.1 Å². The van der Waals surface area contributed by atoms with Crippen molar-refractivity contribution in [2.45, 2.75) is 19.0 Å². The Bertz CT molecular complexity index is 761. The molecule has 2 atom stereocenters. The van der Waals surface area contributed by atoms with Gasteiger partial charge in [0.05, 0.1) is 29.1 Å². The molecule has 7 nitrogen and oxygen atoms in total. The van der Waals surface area contributed by atoms with E-state index in [0.717, 1.165) is 32.0 Å². The first-order valence-corrected chi connectivity index (χ1v) is 10.1. The predicted molar refractivity (Wildman–Crippen MR) is 110 cm³/mol. The lowest BCUT2D eigenvalue weighted by molar-refractivity contribution is -0.939. The number of nitrogens with one attached hydrogen (secondary N) is 3. The Kier molecular flexibility index (Phi) is 6.73. The molecule has 0 radical (unpaired) electrons. The van der Waals surface area contributed by atoms with Crippen LogP contribution in [0, 0.1) is 10.1 Å². The van der Waals surface area contributed by atoms with Gasteiger partial charge in [-0.1, -0.05) is 6.07 Å². The molecular weight excluding hydrogens is 384 g/mol. The second-order valence-corrected chi connectivity index (χ2v) is 7.84. The number of nitro benzene ring substituents is 1. The van der Waals surface area contributed by atoms with Crippen molar-refractivity contribution in [3.63, 3.8) is 0 Å². The third kappa shape index (κ3) is 5.23. The zero-order valence-electron chi connectivity index (χ0n) is 15.0. The van der Waals surface area contributed by atoms with Gasteiger partial charge in [-0.3, -0.25) is 10.1 Å². The third-order valence-electron chi connectivity index (χ3n) is 4.62. The van der Waals surface area contributed by atoms with Gasteiger partial charge >= 0.3 is 0 Å². The molecule has 0 spiro atoms. The van der Waals surface area contributed by atoms with E-state index in [1.165, 1.54) is 21.9 Å². The van der Waals surface area contributed by atoms with Crippen LogP contribution in [0.15, 0.2) is 41.8 Å². The number of hydrogen-bond donors (Lipinski definition) is 3. The van der Waals surface area contributed by atoms with Gasteiger partial charge in [-0.05, 0) is 42.7 Å². The molecule has 2 aromatic rings. The van der Waals surface area contributed by atoms with Crippen molar-refractivity contribution in [2.24, 2.45) is 0 Å². The second-order valence-electron chi connectivity index (χ2n) is 6.45. The fraction of sp³-hybridized carbons (Fsp3) is 0.389. The Labute approximate surface area is 167 Å². The van der Waals surface area contributed by atoms with Crippen molar-refractivity contribution in [2.75, 3.05) is 31.6 Å². The number of thiocarbonyl (C=S) groups is 1. The number of morpholine rings is 1. The molecule has 9 heteroatoms. The standard InChI is InChI=1S/C18H22N4O3S2/c1-13(17(16-3-2-12-27-16)21-8-10-25-11-9-21)19-18(26)20-14-4-6-15(7-5-14)22(23)24/h2-7,12-13,17H,8-11H2,1H3,(H2,19,20,26)/p+1/t13-,17-/m0/s1. The van der Waals surface area contributed by atoms with Gasteiger partial charge in [0.25, 0.3) is 5.69 Å². The largest absolute Gasteiger partial charge is 0.370 e. The van der Waals surface area contributed by atoms with Crippen LogP contribution in [0.1, 0.15) is 17.8 Å². The number of benzene rings is 1. The van der Waals surface area contributed by atoms with Gasteiger partial charge in [0.15, 0.2) is 5.11 Å². The van der Waals surface area contributed by atoms with Crippen molar-refractivity contribution in [1.82, 2.24) is 5.32 Å². The number of nitro groups is 1. The number of non-ortho nitro benzene ring substituents is 1. The van der Waals surface area contributed by atoms with Crippen LogP contribution in [0.3, 0.4) is 0 Å². The summed E-state index contributed by atoms with van der Waals surface area (Å²) in [5.41, 5.74) is 0.776. The number of nitrogens with zero attached hydrogens (tertiary/aromatic N) is 1. The summed E-state index contributed by atoms with van der Waals surface area (Å²) in [4.78, 5) is 13.1. The minimum atomic E-state index is -0.418. The van der Waals surface area contributed by atoms with Gasteiger partial charge in [-0.25, -0.2) is 0 Å². The summed E-state index contributed by atoms with van der Waals surface area (Å²) in [5.74, 6) is 0. The Balaban J connectivity index is 1.64. The summed E-state index contributed by atoms with van der Waals surface area (Å²) in [6.07, 6.45) is 0. The van der Waals surface area contributed by atoms with Crippen molar-refractivity contribution < 1.29 is 14.6 Å². The Morgan fingerprint density at radius 3 is 2.59 bits per heavy atom. The van der Waals surface area contributed by atoms with Gasteiger partial charge < -0.3 is 20.3 Å². The topological polar surface area (TPSA) is 80.9 Å². The molecular formula is C18H23N4O3S2+. The second kappa shape index (κ2) is 9.23. The molecule has 1 saturated heterocycles. The SMILES string of the molecule is C[C@H](NC(=S)Nc1ccc([N+](=O)[O-])cc1)[C@@H](c1cccs1)[NH+]1CCOCC1. The van der Waals surface area contributed by atoms with Crippen molar-refractivity contribution in [1.29, 1.82) is 0 Å². The third-order valence-corrected chi connectivity index (χ3v) is 5.79. The molecule has 144 valence electrons. The first-order valence-electron chi connectivity index (χ1n) is 8.82. The van der Waals surface area contributed by atoms with Gasteiger partial charge in [0, 0.05) is 17.8 Å². The van der Waals surface area contributed by atoms with Crippen LogP contribution in [0.2, 0.25) is 0 Å². The number of rotatable bonds is 6. The number of ether oxygens (including phenoxy) is 1. The number of anilines is 1. The van der Waals surface area contributed by atoms with E-state index in [1.807, 2.05) is 0 Å². The maximum absolute atomic E-state index is 10.8. The van der Waals surface area contributed by atoms with Crippen LogP contribution < -0.4 is 15.5 Å². The van der Waals surface area contributed by atoms with E-state index in [9.17, 15) is 10.1 Å². The average molecular weight is 408 g/mol. The van der Waals surface area contributed by atoms with Gasteiger partial charge in [0.2, 0.25) is 0 Å². The summed E-state index contributed by atoms with van der Waals surface area (Å²) in [6.45, 7) is 5.62. The van der Waals surface area contributed by atoms with E-state index in [4.69, 9.17) is 17.0 Å². The molecule has 3 rings (SSSR count). The fourth-order valence-electron chi connectivity index (χ4n) is 3.34. The Hall–Kier alpha value is -2.07. The zero-order valence-corrected chi connectivity index (χ0v) is 16.6. The Morgan fingerprint density at radius 2 is 2.00 bits per heavy atom. The molecule has 0 aliphatic carbocycles. The average Bonchev–Trinajstić information content (AvgIpc) is 3.17. The smallest absolute Gasteiger partial charge is 0.269 e. The van der Waals surface area contributed by atoms with Crippen LogP contribution in [-0.4, -0.2) is 42.4 Å². The maximum atomic E-state index is 10.8. The molecule has 1 aromatic carbocycles. The van der Waals surface area contributed by atoms with E-state index in [0.29, 0.717) is 5.11 Å². The minimum absolute atomic E-state index is 0.0569. The highest BCUT2D eigenvalue weighted by molar-refractivity contribution is 7.80. The molecule has 3 N–H and O–H groups in total. The highest BCUT2D eigenvalue weighted by atomic mass is 32.1. The van der Waals surface area contributed by atoms with Crippen LogP contribution >= 0.6 is 23.6 Å². The van der Waals surface area contributed by atoms with E-state index in [1.54, 1.807) is 23.5 Å². The summed E-state index contributed by atoms with van der Waals surface area (Å²) in [5, 5.41) is 19.9. The number of hydrogen-bond acceptors (Lipinski definition) is 5. The summed E-state index contributed by atoms with van der Waals surface area (Å²) < 4.78 is 5.51. The molecule has 1 aliphatic rings. The lowest BCUT2D eigenvalue weighted by atomic mass is 10.1. The van der Waals surface area contributed by atoms with Crippen molar-refractivity contribution in [3.05, 3.63) is 56.8 Å². The van der Waals surface area contributed by atoms with Crippen LogP contribution in [0.25, 0.3) is 0 Å². The Morgan fingerprint density at radius 1 is 1.30 bits per heavy atom. The van der Waals surface area contributed by atoms with Crippen LogP contribution in [0.4, 0.5) is 11.4 Å². The lowest BCUT2D eigenvalue weighted by Gasteiger charge is -2.35. The zero-order chi connectivity index (χ0) is 19.2. The highest BCUT2D eigenvalue weighted by Crippen LogP contribution is 2.20. The first-order chi connectivity index (χ1) is 13.0.